The number of aromatic nitrogens is 1. The molecule has 0 amide bonds. The minimum Gasteiger partial charge on any atom is -0.434 e. The van der Waals surface area contributed by atoms with Gasteiger partial charge in [-0.25, -0.2) is 4.98 Å². The second-order valence-electron chi connectivity index (χ2n) is 2.16. The molecule has 0 spiro atoms. The predicted octanol–water partition coefficient (Wildman–Crippen LogP) is 2.56. The van der Waals surface area contributed by atoms with Crippen molar-refractivity contribution in [1.82, 2.24) is 4.98 Å². The summed E-state index contributed by atoms with van der Waals surface area (Å²) in [4.78, 5) is 4.00. The molecule has 1 aromatic rings. The Bertz CT molecular complexity index is 195. The second kappa shape index (κ2) is 2.52. The van der Waals surface area contributed by atoms with E-state index < -0.39 is 0 Å². The molecule has 50 valence electrons. The maximum atomic E-state index is 5.15. The van der Waals surface area contributed by atoms with Crippen LogP contribution in [0.3, 0.4) is 0 Å². The first-order chi connectivity index (χ1) is 4.20. The van der Waals surface area contributed by atoms with Crippen LogP contribution < -0.4 is 0 Å². The highest BCUT2D eigenvalue weighted by Gasteiger charge is 2.04. The fourth-order valence-corrected chi connectivity index (χ4v) is 0.802. The lowest BCUT2D eigenvalue weighted by Gasteiger charge is -1.93. The van der Waals surface area contributed by atoms with Gasteiger partial charge in [0.2, 0.25) is 0 Å². The molecule has 0 radical (unpaired) electrons. The van der Waals surface area contributed by atoms with Gasteiger partial charge in [0.05, 0.1) is 6.20 Å². The summed E-state index contributed by atoms with van der Waals surface area (Å²) >= 11 is 3.17. The zero-order valence-electron chi connectivity index (χ0n) is 5.39. The van der Waals surface area contributed by atoms with Gasteiger partial charge in [-0.1, -0.05) is 13.8 Å². The monoisotopic (exact) mass is 189 g/mol. The lowest BCUT2D eigenvalue weighted by atomic mass is 10.2. The average Bonchev–Trinajstić information content (AvgIpc) is 2.14. The van der Waals surface area contributed by atoms with Crippen LogP contribution in [0, 0.1) is 0 Å². The van der Waals surface area contributed by atoms with Crippen LogP contribution in [0.1, 0.15) is 25.7 Å². The van der Waals surface area contributed by atoms with Crippen LogP contribution in [0.5, 0.6) is 0 Å². The molecular weight excluding hydrogens is 182 g/mol. The predicted molar refractivity (Wildman–Crippen MR) is 38.3 cm³/mol. The molecule has 9 heavy (non-hydrogen) atoms. The highest BCUT2D eigenvalue weighted by atomic mass is 79.9. The lowest BCUT2D eigenvalue weighted by molar-refractivity contribution is 0.453. The molecule has 0 aromatic carbocycles. The molecule has 0 unspecified atom stereocenters. The van der Waals surface area contributed by atoms with E-state index in [0.717, 1.165) is 5.89 Å². The van der Waals surface area contributed by atoms with Crippen molar-refractivity contribution in [3.63, 3.8) is 0 Å². The molecule has 0 saturated carbocycles. The largest absolute Gasteiger partial charge is 0.434 e. The molecule has 0 aliphatic heterocycles. The van der Waals surface area contributed by atoms with E-state index in [-0.39, 0.29) is 0 Å². The van der Waals surface area contributed by atoms with Gasteiger partial charge < -0.3 is 4.42 Å². The summed E-state index contributed by atoms with van der Waals surface area (Å²) in [5.74, 6) is 1.15. The number of hydrogen-bond donors (Lipinski definition) is 0. The van der Waals surface area contributed by atoms with Gasteiger partial charge in [0.1, 0.15) is 0 Å². The van der Waals surface area contributed by atoms with E-state index in [1.54, 1.807) is 6.20 Å². The topological polar surface area (TPSA) is 26.0 Å². The van der Waals surface area contributed by atoms with E-state index in [0.29, 0.717) is 10.6 Å². The van der Waals surface area contributed by atoms with Crippen LogP contribution >= 0.6 is 15.9 Å². The third-order valence-corrected chi connectivity index (χ3v) is 1.36. The van der Waals surface area contributed by atoms with Crippen molar-refractivity contribution < 1.29 is 4.42 Å². The third kappa shape index (κ3) is 1.55. The Morgan fingerprint density at radius 2 is 2.33 bits per heavy atom. The summed E-state index contributed by atoms with van der Waals surface area (Å²) in [5, 5.41) is 0. The van der Waals surface area contributed by atoms with Crippen LogP contribution in [0.4, 0.5) is 0 Å². The Labute approximate surface area is 62.4 Å². The molecule has 1 rings (SSSR count). The van der Waals surface area contributed by atoms with Crippen LogP contribution in [0.2, 0.25) is 0 Å². The molecule has 0 saturated heterocycles. The van der Waals surface area contributed by atoms with E-state index in [1.807, 2.05) is 13.8 Å². The summed E-state index contributed by atoms with van der Waals surface area (Å²) in [6.45, 7) is 4.08. The van der Waals surface area contributed by atoms with E-state index in [2.05, 4.69) is 20.9 Å². The Hall–Kier alpha value is -0.310. The summed E-state index contributed by atoms with van der Waals surface area (Å²) in [6, 6.07) is 0. The Kier molecular flexibility index (Phi) is 1.90. The minimum absolute atomic E-state index is 0.372. The molecule has 1 heterocycles. The van der Waals surface area contributed by atoms with Crippen molar-refractivity contribution in [3.8, 4) is 0 Å². The fraction of sp³-hybridized carbons (Fsp3) is 0.500. The van der Waals surface area contributed by atoms with Crippen molar-refractivity contribution in [2.45, 2.75) is 19.8 Å². The van der Waals surface area contributed by atoms with Crippen molar-refractivity contribution in [2.75, 3.05) is 0 Å². The van der Waals surface area contributed by atoms with Gasteiger partial charge in [-0.2, -0.15) is 0 Å². The number of halogens is 1. The van der Waals surface area contributed by atoms with Crippen molar-refractivity contribution >= 4 is 15.9 Å². The van der Waals surface area contributed by atoms with Gasteiger partial charge >= 0.3 is 0 Å². The Morgan fingerprint density at radius 1 is 1.67 bits per heavy atom. The average molecular weight is 190 g/mol. The summed E-state index contributed by atoms with van der Waals surface area (Å²) in [5.41, 5.74) is 0. The molecule has 0 aliphatic carbocycles. The summed E-state index contributed by atoms with van der Waals surface area (Å²) in [7, 11) is 0. The van der Waals surface area contributed by atoms with Gasteiger partial charge in [0.15, 0.2) is 10.6 Å². The van der Waals surface area contributed by atoms with Gasteiger partial charge in [-0.05, 0) is 15.9 Å². The minimum atomic E-state index is 0.372. The van der Waals surface area contributed by atoms with E-state index in [4.69, 9.17) is 4.42 Å². The molecule has 3 heteroatoms. The van der Waals surface area contributed by atoms with E-state index in [1.165, 1.54) is 0 Å². The summed E-state index contributed by atoms with van der Waals surface area (Å²) < 4.78 is 5.85. The van der Waals surface area contributed by atoms with Crippen LogP contribution in [0.15, 0.2) is 15.3 Å². The second-order valence-corrected chi connectivity index (χ2v) is 2.94. The number of rotatable bonds is 1. The highest BCUT2D eigenvalue weighted by molar-refractivity contribution is 9.10. The molecule has 0 bridgehead atoms. The molecule has 0 fully saturated rings. The van der Waals surface area contributed by atoms with Gasteiger partial charge in [-0.15, -0.1) is 0 Å². The molecule has 0 atom stereocenters. The van der Waals surface area contributed by atoms with E-state index >= 15 is 0 Å². The maximum Gasteiger partial charge on any atom is 0.198 e. The maximum absolute atomic E-state index is 5.15. The van der Waals surface area contributed by atoms with Crippen molar-refractivity contribution in [2.24, 2.45) is 0 Å². The number of hydrogen-bond acceptors (Lipinski definition) is 2. The standard InChI is InChI=1S/C6H8BrNO/c1-4(2)6-8-3-5(7)9-6/h3-4H,1-2H3. The van der Waals surface area contributed by atoms with Crippen LogP contribution in [-0.2, 0) is 0 Å². The lowest BCUT2D eigenvalue weighted by Crippen LogP contribution is -1.83. The molecule has 0 N–H and O–H groups in total. The van der Waals surface area contributed by atoms with Crippen LogP contribution in [0.25, 0.3) is 0 Å². The van der Waals surface area contributed by atoms with Gasteiger partial charge in [0.25, 0.3) is 0 Å². The first-order valence-electron chi connectivity index (χ1n) is 2.81. The Morgan fingerprint density at radius 3 is 2.56 bits per heavy atom. The molecule has 2 nitrogen and oxygen atoms in total. The SMILES string of the molecule is CC(C)c1ncc(Br)o1. The summed E-state index contributed by atoms with van der Waals surface area (Å²) in [6.07, 6.45) is 1.66. The van der Waals surface area contributed by atoms with E-state index in [9.17, 15) is 0 Å². The molecule has 1 aromatic heterocycles. The molecular formula is C6H8BrNO. The van der Waals surface area contributed by atoms with Crippen molar-refractivity contribution in [3.05, 3.63) is 16.8 Å². The van der Waals surface area contributed by atoms with Crippen LogP contribution in [-0.4, -0.2) is 4.98 Å². The normalized spacial score (nSPS) is 10.7. The Balaban J connectivity index is 2.85. The highest BCUT2D eigenvalue weighted by Crippen LogP contribution is 2.17. The van der Waals surface area contributed by atoms with Gasteiger partial charge in [-0.3, -0.25) is 0 Å². The quantitative estimate of drug-likeness (QED) is 0.680. The smallest absolute Gasteiger partial charge is 0.198 e. The fourth-order valence-electron chi connectivity index (χ4n) is 0.534. The van der Waals surface area contributed by atoms with Crippen molar-refractivity contribution in [1.29, 1.82) is 0 Å². The zero-order valence-corrected chi connectivity index (χ0v) is 6.97. The first-order valence-corrected chi connectivity index (χ1v) is 3.60. The third-order valence-electron chi connectivity index (χ3n) is 0.989. The molecule has 0 aliphatic rings. The zero-order chi connectivity index (χ0) is 6.85. The number of oxazole rings is 1. The number of nitrogens with zero attached hydrogens (tertiary/aromatic N) is 1. The first kappa shape index (κ1) is 6.81. The van der Waals surface area contributed by atoms with Gasteiger partial charge in [0, 0.05) is 5.92 Å².